The Bertz CT molecular complexity index is 520. The highest BCUT2D eigenvalue weighted by molar-refractivity contribution is 7.98. The maximum absolute atomic E-state index is 12.2. The van der Waals surface area contributed by atoms with Gasteiger partial charge in [0.1, 0.15) is 4.90 Å². The van der Waals surface area contributed by atoms with E-state index < -0.39 is 10.0 Å². The number of hydrogen-bond donors (Lipinski definition) is 2. The number of sulfonamides is 1. The maximum Gasteiger partial charge on any atom is 0.242 e. The summed E-state index contributed by atoms with van der Waals surface area (Å²) in [6, 6.07) is 4.80. The molecular formula is C12H19ClN2O2S2. The van der Waals surface area contributed by atoms with Gasteiger partial charge in [0, 0.05) is 13.1 Å². The van der Waals surface area contributed by atoms with Gasteiger partial charge in [-0.25, -0.2) is 13.1 Å². The van der Waals surface area contributed by atoms with Gasteiger partial charge in [-0.3, -0.25) is 0 Å². The summed E-state index contributed by atoms with van der Waals surface area (Å²) in [6.07, 6.45) is 1.99. The van der Waals surface area contributed by atoms with Gasteiger partial charge in [-0.2, -0.15) is 11.8 Å². The van der Waals surface area contributed by atoms with Gasteiger partial charge in [-0.15, -0.1) is 0 Å². The van der Waals surface area contributed by atoms with Crippen molar-refractivity contribution in [2.45, 2.75) is 18.4 Å². The predicted octanol–water partition coefficient (Wildman–Crippen LogP) is 2.08. The number of thioether (sulfide) groups is 1. The fourth-order valence-electron chi connectivity index (χ4n) is 1.55. The Hall–Kier alpha value is -0.270. The normalized spacial score (nSPS) is 13.5. The second kappa shape index (κ2) is 7.50. The SMILES string of the molecule is CSCC(C)CNS(=O)(=O)c1cc(CN)ccc1Cl. The van der Waals surface area contributed by atoms with Gasteiger partial charge >= 0.3 is 0 Å². The Morgan fingerprint density at radius 1 is 1.47 bits per heavy atom. The Morgan fingerprint density at radius 2 is 2.16 bits per heavy atom. The van der Waals surface area contributed by atoms with Crippen LogP contribution in [0.15, 0.2) is 23.1 Å². The van der Waals surface area contributed by atoms with Gasteiger partial charge in [0.15, 0.2) is 0 Å². The lowest BCUT2D eigenvalue weighted by Crippen LogP contribution is -2.29. The molecule has 7 heteroatoms. The van der Waals surface area contributed by atoms with Crippen molar-refractivity contribution in [3.05, 3.63) is 28.8 Å². The molecule has 0 saturated carbocycles. The monoisotopic (exact) mass is 322 g/mol. The second-order valence-electron chi connectivity index (χ2n) is 4.38. The summed E-state index contributed by atoms with van der Waals surface area (Å²) >= 11 is 7.64. The molecule has 0 heterocycles. The van der Waals surface area contributed by atoms with E-state index in [9.17, 15) is 8.42 Å². The van der Waals surface area contributed by atoms with Crippen LogP contribution in [0.3, 0.4) is 0 Å². The number of nitrogens with two attached hydrogens (primary N) is 1. The molecule has 0 saturated heterocycles. The second-order valence-corrected chi connectivity index (χ2v) is 7.43. The molecule has 0 aliphatic carbocycles. The molecule has 0 bridgehead atoms. The minimum atomic E-state index is -3.58. The van der Waals surface area contributed by atoms with Crippen molar-refractivity contribution in [2.75, 3.05) is 18.6 Å². The van der Waals surface area contributed by atoms with Gasteiger partial charge < -0.3 is 5.73 Å². The summed E-state index contributed by atoms with van der Waals surface area (Å²) in [5.74, 6) is 1.17. The van der Waals surface area contributed by atoms with Crippen LogP contribution >= 0.6 is 23.4 Å². The number of nitrogens with one attached hydrogen (secondary N) is 1. The smallest absolute Gasteiger partial charge is 0.242 e. The van der Waals surface area contributed by atoms with E-state index in [1.165, 1.54) is 6.07 Å². The molecule has 0 spiro atoms. The lowest BCUT2D eigenvalue weighted by atomic mass is 10.2. The maximum atomic E-state index is 12.2. The third kappa shape index (κ3) is 4.96. The van der Waals surface area contributed by atoms with Gasteiger partial charge in [0.05, 0.1) is 5.02 Å². The molecule has 0 radical (unpaired) electrons. The molecule has 0 aliphatic heterocycles. The zero-order valence-electron chi connectivity index (χ0n) is 11.0. The van der Waals surface area contributed by atoms with Crippen molar-refractivity contribution in [3.8, 4) is 0 Å². The molecule has 1 rings (SSSR count). The highest BCUT2D eigenvalue weighted by Crippen LogP contribution is 2.22. The van der Waals surface area contributed by atoms with E-state index in [0.717, 1.165) is 11.3 Å². The number of rotatable bonds is 7. The molecule has 1 aromatic carbocycles. The zero-order chi connectivity index (χ0) is 14.5. The predicted molar refractivity (Wildman–Crippen MR) is 82.1 cm³/mol. The van der Waals surface area contributed by atoms with Crippen molar-refractivity contribution in [2.24, 2.45) is 11.7 Å². The number of halogens is 1. The lowest BCUT2D eigenvalue weighted by molar-refractivity contribution is 0.562. The number of hydrogen-bond acceptors (Lipinski definition) is 4. The quantitative estimate of drug-likeness (QED) is 0.806. The molecule has 1 aromatic rings. The molecule has 4 nitrogen and oxygen atoms in total. The van der Waals surface area contributed by atoms with E-state index in [4.69, 9.17) is 17.3 Å². The minimum Gasteiger partial charge on any atom is -0.326 e. The summed E-state index contributed by atoms with van der Waals surface area (Å²) in [5, 5.41) is 0.210. The average molecular weight is 323 g/mol. The Kier molecular flexibility index (Phi) is 6.62. The summed E-state index contributed by atoms with van der Waals surface area (Å²) < 4.78 is 27.0. The van der Waals surface area contributed by atoms with Crippen LogP contribution in [0.1, 0.15) is 12.5 Å². The standard InChI is InChI=1S/C12H19ClN2O2S2/c1-9(8-18-2)7-15-19(16,17)12-5-10(6-14)3-4-11(12)13/h3-5,9,15H,6-8,14H2,1-2H3. The Labute approximate surface area is 124 Å². The van der Waals surface area contributed by atoms with Crippen molar-refractivity contribution < 1.29 is 8.42 Å². The summed E-state index contributed by atoms with van der Waals surface area (Å²) in [5.41, 5.74) is 6.25. The van der Waals surface area contributed by atoms with Gasteiger partial charge in [-0.1, -0.05) is 24.6 Å². The fraction of sp³-hybridized carbons (Fsp3) is 0.500. The zero-order valence-corrected chi connectivity index (χ0v) is 13.4. The summed E-state index contributed by atoms with van der Waals surface area (Å²) in [6.45, 7) is 2.67. The van der Waals surface area contributed by atoms with E-state index in [1.807, 2.05) is 13.2 Å². The van der Waals surface area contributed by atoms with Crippen molar-refractivity contribution in [1.29, 1.82) is 0 Å². The lowest BCUT2D eigenvalue weighted by Gasteiger charge is -2.13. The third-order valence-electron chi connectivity index (χ3n) is 2.59. The van der Waals surface area contributed by atoms with Crippen molar-refractivity contribution in [3.63, 3.8) is 0 Å². The van der Waals surface area contributed by atoms with E-state index in [-0.39, 0.29) is 22.4 Å². The molecule has 3 N–H and O–H groups in total. The van der Waals surface area contributed by atoms with Crippen LogP contribution in [0.2, 0.25) is 5.02 Å². The van der Waals surface area contributed by atoms with Crippen LogP contribution in [-0.4, -0.2) is 27.0 Å². The van der Waals surface area contributed by atoms with Gasteiger partial charge in [-0.05, 0) is 35.6 Å². The molecule has 0 fully saturated rings. The van der Waals surface area contributed by atoms with Crippen LogP contribution in [0.4, 0.5) is 0 Å². The highest BCUT2D eigenvalue weighted by Gasteiger charge is 2.18. The minimum absolute atomic E-state index is 0.0912. The Balaban J connectivity index is 2.88. The van der Waals surface area contributed by atoms with E-state index in [0.29, 0.717) is 6.54 Å². The van der Waals surface area contributed by atoms with Crippen molar-refractivity contribution >= 4 is 33.4 Å². The first kappa shape index (κ1) is 16.8. The summed E-state index contributed by atoms with van der Waals surface area (Å²) in [7, 11) is -3.58. The van der Waals surface area contributed by atoms with Crippen LogP contribution in [0.25, 0.3) is 0 Å². The number of benzene rings is 1. The van der Waals surface area contributed by atoms with E-state index in [1.54, 1.807) is 23.9 Å². The molecule has 0 amide bonds. The molecule has 1 unspecified atom stereocenters. The molecule has 1 atom stereocenters. The first-order valence-corrected chi connectivity index (χ1v) is 9.13. The molecule has 108 valence electrons. The molecular weight excluding hydrogens is 304 g/mol. The van der Waals surface area contributed by atoms with Crippen LogP contribution in [0.5, 0.6) is 0 Å². The first-order chi connectivity index (χ1) is 8.90. The average Bonchev–Trinajstić information content (AvgIpc) is 2.37. The molecule has 0 aliphatic rings. The van der Waals surface area contributed by atoms with Gasteiger partial charge in [0.2, 0.25) is 10.0 Å². The van der Waals surface area contributed by atoms with Crippen LogP contribution < -0.4 is 10.5 Å². The third-order valence-corrected chi connectivity index (χ3v) is 5.40. The van der Waals surface area contributed by atoms with Crippen molar-refractivity contribution in [1.82, 2.24) is 4.72 Å². The highest BCUT2D eigenvalue weighted by atomic mass is 35.5. The Morgan fingerprint density at radius 3 is 2.74 bits per heavy atom. The topological polar surface area (TPSA) is 72.2 Å². The first-order valence-electron chi connectivity index (χ1n) is 5.87. The van der Waals surface area contributed by atoms with Crippen LogP contribution in [-0.2, 0) is 16.6 Å². The fourth-order valence-corrected chi connectivity index (χ4v) is 3.95. The van der Waals surface area contributed by atoms with E-state index in [2.05, 4.69) is 4.72 Å². The van der Waals surface area contributed by atoms with E-state index >= 15 is 0 Å². The molecule has 19 heavy (non-hydrogen) atoms. The molecule has 0 aromatic heterocycles. The summed E-state index contributed by atoms with van der Waals surface area (Å²) in [4.78, 5) is 0.0912. The van der Waals surface area contributed by atoms with Crippen LogP contribution in [0, 0.1) is 5.92 Å². The largest absolute Gasteiger partial charge is 0.326 e. The van der Waals surface area contributed by atoms with Gasteiger partial charge in [0.25, 0.3) is 0 Å².